The van der Waals surface area contributed by atoms with Gasteiger partial charge in [0.25, 0.3) is 0 Å². The number of hydrogen-bond acceptors (Lipinski definition) is 0. The van der Waals surface area contributed by atoms with E-state index in [4.69, 9.17) is 0 Å². The van der Waals surface area contributed by atoms with Crippen molar-refractivity contribution in [1.82, 2.24) is 0 Å². The summed E-state index contributed by atoms with van der Waals surface area (Å²) in [6.45, 7) is 0. The van der Waals surface area contributed by atoms with Crippen molar-refractivity contribution in [2.24, 2.45) is 0 Å². The molecule has 2 N–H and O–H groups in total. The van der Waals surface area contributed by atoms with E-state index >= 15 is 0 Å². The van der Waals surface area contributed by atoms with Gasteiger partial charge in [-0.1, -0.05) is 0 Å². The molecular weight excluding hydrogens is 295 g/mol. The summed E-state index contributed by atoms with van der Waals surface area (Å²) in [4.78, 5) is 0. The molecule has 0 amide bonds. The molecule has 1 nitrogen and oxygen atoms in total. The molecule has 0 saturated carbocycles. The van der Waals surface area contributed by atoms with E-state index in [1.807, 2.05) is 0 Å². The summed E-state index contributed by atoms with van der Waals surface area (Å²) in [5, 5.41) is 0. The molecule has 0 aromatic carbocycles. The topological polar surface area (TPSA) is 31.5 Å². The summed E-state index contributed by atoms with van der Waals surface area (Å²) in [5.41, 5.74) is 0. The van der Waals surface area contributed by atoms with Gasteiger partial charge in [0, 0.05) is 95.7 Å². The van der Waals surface area contributed by atoms with Crippen molar-refractivity contribution in [1.29, 1.82) is 0 Å². The monoisotopic (exact) mass is 298 g/mol. The van der Waals surface area contributed by atoms with Gasteiger partial charge in [0.05, 0.1) is 0 Å². The van der Waals surface area contributed by atoms with E-state index in [0.717, 1.165) is 0 Å². The van der Waals surface area contributed by atoms with Crippen LogP contribution in [0, 0.1) is 73.3 Å². The summed E-state index contributed by atoms with van der Waals surface area (Å²) in [5.74, 6) is 0. The van der Waals surface area contributed by atoms with Crippen molar-refractivity contribution in [3.8, 4) is 0 Å². The third-order valence-electron chi connectivity index (χ3n) is 0. The molecule has 0 aliphatic carbocycles. The Hall–Kier alpha value is 3.75. The molecule has 0 atom stereocenters. The maximum Gasteiger partial charge on any atom is 1.00 e. The zero-order valence-corrected chi connectivity index (χ0v) is 9.41. The average molecular weight is 298 g/mol. The number of hydrogen-bond donors (Lipinski definition) is 0. The van der Waals surface area contributed by atoms with Gasteiger partial charge in [0.15, 0.2) is 0 Å². The molecule has 0 saturated heterocycles. The predicted octanol–water partition coefficient (Wildman–Crippen LogP) is -3.71. The van der Waals surface area contributed by atoms with E-state index in [2.05, 4.69) is 0 Å². The van der Waals surface area contributed by atoms with Gasteiger partial charge in [-0.3, -0.25) is 0 Å². The van der Waals surface area contributed by atoms with Crippen LogP contribution in [0.1, 0.15) is 1.43 Å². The van der Waals surface area contributed by atoms with Crippen LogP contribution in [0.15, 0.2) is 0 Å². The molecule has 5 heteroatoms. The molecule has 0 aliphatic rings. The fourth-order valence-corrected chi connectivity index (χ4v) is 0. The van der Waals surface area contributed by atoms with Gasteiger partial charge in [-0.2, -0.15) is 0 Å². The Morgan fingerprint density at radius 2 is 1.20 bits per heavy atom. The Morgan fingerprint density at radius 1 is 1.20 bits per heavy atom. The first-order valence-electron chi connectivity index (χ1n) is 0. The van der Waals surface area contributed by atoms with E-state index < -0.39 is 0 Å². The summed E-state index contributed by atoms with van der Waals surface area (Å²) in [7, 11) is 0. The van der Waals surface area contributed by atoms with Crippen molar-refractivity contribution in [2.75, 3.05) is 0 Å². The van der Waals surface area contributed by atoms with Crippen molar-refractivity contribution in [2.45, 2.75) is 0 Å². The minimum absolute atomic E-state index is 0. The summed E-state index contributed by atoms with van der Waals surface area (Å²) in [6.07, 6.45) is 0. The third kappa shape index (κ3) is 18.2. The van der Waals surface area contributed by atoms with Gasteiger partial charge in [-0.25, -0.2) is 0 Å². The normalized spacial score (nSPS) is 0. The first kappa shape index (κ1) is 37.4. The van der Waals surface area contributed by atoms with E-state index in [-0.39, 0.29) is 121 Å². The standard InChI is InChI=1S/Ar.La.Li.Nb.H2O.H/h;;;;1H2;/q;;+1;;;-1. The fraction of sp³-hybridized carbons (Fsp3) is 0. The molecule has 2 radical (unpaired) electrons. The van der Waals surface area contributed by atoms with E-state index in [0.29, 0.717) is 0 Å². The van der Waals surface area contributed by atoms with Crippen LogP contribution in [0.2, 0.25) is 0 Å². The second-order valence-corrected chi connectivity index (χ2v) is 0. The van der Waals surface area contributed by atoms with Crippen LogP contribution in [-0.2, 0) is 22.4 Å². The van der Waals surface area contributed by atoms with Crippen molar-refractivity contribution >= 4 is 0 Å². The molecular formula is H3ArLaLiNbO. The predicted molar refractivity (Wildman–Crippen MR) is 4.73 cm³/mol. The van der Waals surface area contributed by atoms with Crippen LogP contribution in [0.5, 0.6) is 0 Å². The summed E-state index contributed by atoms with van der Waals surface area (Å²) < 4.78 is 0. The van der Waals surface area contributed by atoms with E-state index in [9.17, 15) is 0 Å². The van der Waals surface area contributed by atoms with Crippen molar-refractivity contribution < 1.29 is 121 Å². The molecule has 0 fully saturated rings. The molecule has 5 heavy (non-hydrogen) atoms. The smallest absolute Gasteiger partial charge is 1.00 e. The molecule has 26 valence electrons. The maximum atomic E-state index is 0. The molecule has 0 unspecified atom stereocenters. The SMILES string of the molecule is O.[Ar].[H-].[La].[Li+].[Nb]. The Balaban J connectivity index is 0. The molecule has 0 heterocycles. The summed E-state index contributed by atoms with van der Waals surface area (Å²) >= 11 is 0. The molecule has 0 aliphatic heterocycles. The second-order valence-electron chi connectivity index (χ2n) is 0. The van der Waals surface area contributed by atoms with Crippen LogP contribution >= 0.6 is 0 Å². The summed E-state index contributed by atoms with van der Waals surface area (Å²) in [6, 6.07) is 0. The Labute approximate surface area is 118 Å². The van der Waals surface area contributed by atoms with Gasteiger partial charge in [-0.05, 0) is 0 Å². The van der Waals surface area contributed by atoms with E-state index in [1.165, 1.54) is 0 Å². The molecule has 0 bridgehead atoms. The third-order valence-corrected chi connectivity index (χ3v) is 0. The largest absolute Gasteiger partial charge is 1.00 e. The van der Waals surface area contributed by atoms with Crippen molar-refractivity contribution in [3.63, 3.8) is 0 Å². The van der Waals surface area contributed by atoms with Gasteiger partial charge in [-0.15, -0.1) is 0 Å². The fourth-order valence-electron chi connectivity index (χ4n) is 0. The Kier molecular flexibility index (Phi) is 188. The molecule has 0 spiro atoms. The quantitative estimate of drug-likeness (QED) is 0.412. The minimum atomic E-state index is 0. The van der Waals surface area contributed by atoms with Gasteiger partial charge in [0.2, 0.25) is 0 Å². The Bertz CT molecular complexity index is 15.5. The molecule has 0 rings (SSSR count). The first-order valence-corrected chi connectivity index (χ1v) is 0. The number of rotatable bonds is 0. The van der Waals surface area contributed by atoms with Crippen LogP contribution in [0.4, 0.5) is 0 Å². The van der Waals surface area contributed by atoms with Crippen LogP contribution in [0.3, 0.4) is 0 Å². The van der Waals surface area contributed by atoms with Gasteiger partial charge >= 0.3 is 18.9 Å². The van der Waals surface area contributed by atoms with Gasteiger partial charge in [0.1, 0.15) is 0 Å². The first-order chi connectivity index (χ1) is 0. The average Bonchev–Trinajstić information content (AvgIpc) is 0. The zero-order valence-electron chi connectivity index (χ0n) is 3.88. The van der Waals surface area contributed by atoms with Crippen LogP contribution in [0.25, 0.3) is 0 Å². The van der Waals surface area contributed by atoms with Crippen LogP contribution < -0.4 is 18.9 Å². The van der Waals surface area contributed by atoms with Crippen LogP contribution in [-0.4, -0.2) is 5.48 Å². The molecule has 0 aromatic rings. The maximum absolute atomic E-state index is 0. The second kappa shape index (κ2) is 25.1. The van der Waals surface area contributed by atoms with Gasteiger partial charge < -0.3 is 6.90 Å². The molecule has 0 aromatic heterocycles. The Morgan fingerprint density at radius 3 is 1.20 bits per heavy atom. The zero-order chi connectivity index (χ0) is 0. The van der Waals surface area contributed by atoms with E-state index in [1.54, 1.807) is 0 Å². The van der Waals surface area contributed by atoms with Crippen molar-refractivity contribution in [3.05, 3.63) is 0 Å². The minimum Gasteiger partial charge on any atom is -1.00 e.